The van der Waals surface area contributed by atoms with Crippen LogP contribution in [0.1, 0.15) is 62.5 Å². The van der Waals surface area contributed by atoms with Gasteiger partial charge in [-0.15, -0.1) is 0 Å². The standard InChI is InChI=1S/C34H38O6/c1-3-27-13-17-29(18-14-27)37-25-9-5-7-11-33(35)39-31-21-23-32(24-22-31)40-34(36)12-8-6-10-26-38-30-19-15-28(4-2)16-20-30/h3-4,13-24H,1-2,5-12,25-26H2. The molecule has 40 heavy (non-hydrogen) atoms. The van der Waals surface area contributed by atoms with Crippen LogP contribution in [-0.4, -0.2) is 25.2 Å². The SMILES string of the molecule is C=Cc1ccc(OCCCCCC(=O)Oc2ccc(OC(=O)CCCCCOc3ccc(C=C)cc3)cc2)cc1. The summed E-state index contributed by atoms with van der Waals surface area (Å²) in [5, 5.41) is 0. The van der Waals surface area contributed by atoms with Crippen LogP contribution in [0.3, 0.4) is 0 Å². The topological polar surface area (TPSA) is 71.1 Å². The number of hydrogen-bond acceptors (Lipinski definition) is 6. The summed E-state index contributed by atoms with van der Waals surface area (Å²) in [6.07, 6.45) is 9.14. The normalized spacial score (nSPS) is 10.4. The molecule has 3 aromatic rings. The van der Waals surface area contributed by atoms with Gasteiger partial charge in [-0.3, -0.25) is 9.59 Å². The van der Waals surface area contributed by atoms with Gasteiger partial charge < -0.3 is 18.9 Å². The maximum Gasteiger partial charge on any atom is 0.311 e. The maximum atomic E-state index is 12.1. The van der Waals surface area contributed by atoms with Crippen LogP contribution < -0.4 is 18.9 Å². The second kappa shape index (κ2) is 17.3. The minimum atomic E-state index is -0.288. The van der Waals surface area contributed by atoms with Crippen LogP contribution in [0.4, 0.5) is 0 Å². The van der Waals surface area contributed by atoms with Crippen LogP contribution in [-0.2, 0) is 9.59 Å². The predicted molar refractivity (Wildman–Crippen MR) is 159 cm³/mol. The first-order chi connectivity index (χ1) is 19.6. The summed E-state index contributed by atoms with van der Waals surface area (Å²) in [7, 11) is 0. The van der Waals surface area contributed by atoms with Crippen molar-refractivity contribution in [3.8, 4) is 23.0 Å². The van der Waals surface area contributed by atoms with E-state index < -0.39 is 0 Å². The molecule has 6 heteroatoms. The third kappa shape index (κ3) is 11.6. The largest absolute Gasteiger partial charge is 0.494 e. The lowest BCUT2D eigenvalue weighted by atomic mass is 10.2. The Morgan fingerprint density at radius 1 is 0.500 bits per heavy atom. The number of carbonyl (C=O) groups is 2. The third-order valence-corrected chi connectivity index (χ3v) is 6.11. The number of esters is 2. The van der Waals surface area contributed by atoms with E-state index in [1.54, 1.807) is 36.4 Å². The number of unbranched alkanes of at least 4 members (excludes halogenated alkanes) is 4. The van der Waals surface area contributed by atoms with Crippen LogP contribution in [0.15, 0.2) is 86.0 Å². The number of hydrogen-bond donors (Lipinski definition) is 0. The Bertz CT molecular complexity index is 1100. The van der Waals surface area contributed by atoms with Crippen molar-refractivity contribution < 1.29 is 28.5 Å². The summed E-state index contributed by atoms with van der Waals surface area (Å²) >= 11 is 0. The minimum Gasteiger partial charge on any atom is -0.494 e. The van der Waals surface area contributed by atoms with E-state index in [1.165, 1.54) is 0 Å². The first-order valence-corrected chi connectivity index (χ1v) is 13.8. The first-order valence-electron chi connectivity index (χ1n) is 13.8. The highest BCUT2D eigenvalue weighted by Crippen LogP contribution is 2.20. The molecular formula is C34H38O6. The lowest BCUT2D eigenvalue weighted by Gasteiger charge is -2.08. The van der Waals surface area contributed by atoms with E-state index in [1.807, 2.05) is 48.5 Å². The van der Waals surface area contributed by atoms with E-state index in [-0.39, 0.29) is 11.9 Å². The van der Waals surface area contributed by atoms with Crippen LogP contribution in [0.5, 0.6) is 23.0 Å². The van der Waals surface area contributed by atoms with Crippen LogP contribution >= 0.6 is 0 Å². The molecule has 3 aromatic carbocycles. The number of rotatable bonds is 18. The molecule has 0 aliphatic carbocycles. The van der Waals surface area contributed by atoms with E-state index in [9.17, 15) is 9.59 Å². The monoisotopic (exact) mass is 542 g/mol. The quantitative estimate of drug-likeness (QED) is 0.0920. The molecule has 0 spiro atoms. The van der Waals surface area contributed by atoms with Crippen molar-refractivity contribution >= 4 is 24.1 Å². The average Bonchev–Trinajstić information content (AvgIpc) is 2.98. The zero-order chi connectivity index (χ0) is 28.4. The Kier molecular flexibility index (Phi) is 13.1. The van der Waals surface area contributed by atoms with Crippen molar-refractivity contribution in [3.05, 3.63) is 97.1 Å². The molecule has 0 bridgehead atoms. The third-order valence-electron chi connectivity index (χ3n) is 6.11. The van der Waals surface area contributed by atoms with Crippen molar-refractivity contribution in [1.29, 1.82) is 0 Å². The fourth-order valence-corrected chi connectivity index (χ4v) is 3.82. The molecule has 210 valence electrons. The second-order valence-electron chi connectivity index (χ2n) is 9.28. The van der Waals surface area contributed by atoms with Crippen molar-refractivity contribution in [2.45, 2.75) is 51.4 Å². The highest BCUT2D eigenvalue weighted by molar-refractivity contribution is 5.73. The molecule has 0 N–H and O–H groups in total. The number of ether oxygens (including phenoxy) is 4. The molecule has 0 heterocycles. The van der Waals surface area contributed by atoms with Gasteiger partial charge in [0.05, 0.1) is 13.2 Å². The van der Waals surface area contributed by atoms with E-state index in [4.69, 9.17) is 18.9 Å². The fraction of sp³-hybridized carbons (Fsp3) is 0.294. The van der Waals surface area contributed by atoms with Gasteiger partial charge in [0, 0.05) is 12.8 Å². The van der Waals surface area contributed by atoms with Gasteiger partial charge in [0.1, 0.15) is 23.0 Å². The van der Waals surface area contributed by atoms with Gasteiger partial charge in [0.2, 0.25) is 0 Å². The summed E-state index contributed by atoms with van der Waals surface area (Å²) in [5.41, 5.74) is 2.11. The highest BCUT2D eigenvalue weighted by atomic mass is 16.5. The van der Waals surface area contributed by atoms with Crippen molar-refractivity contribution in [3.63, 3.8) is 0 Å². The van der Waals surface area contributed by atoms with Gasteiger partial charge in [-0.25, -0.2) is 0 Å². The summed E-state index contributed by atoms with van der Waals surface area (Å²) < 4.78 is 22.2. The van der Waals surface area contributed by atoms with Gasteiger partial charge >= 0.3 is 11.9 Å². The van der Waals surface area contributed by atoms with Gasteiger partial charge in [-0.2, -0.15) is 0 Å². The van der Waals surface area contributed by atoms with Crippen molar-refractivity contribution in [1.82, 2.24) is 0 Å². The maximum absolute atomic E-state index is 12.1. The van der Waals surface area contributed by atoms with Crippen LogP contribution in [0.25, 0.3) is 12.2 Å². The zero-order valence-electron chi connectivity index (χ0n) is 23.0. The molecule has 0 fully saturated rings. The number of benzene rings is 3. The predicted octanol–water partition coefficient (Wildman–Crippen LogP) is 8.06. The van der Waals surface area contributed by atoms with E-state index >= 15 is 0 Å². The van der Waals surface area contributed by atoms with Gasteiger partial charge in [-0.1, -0.05) is 49.6 Å². The van der Waals surface area contributed by atoms with E-state index in [2.05, 4.69) is 13.2 Å². The molecule has 0 saturated carbocycles. The van der Waals surface area contributed by atoms with E-state index in [0.29, 0.717) is 37.6 Å². The van der Waals surface area contributed by atoms with Crippen molar-refractivity contribution in [2.75, 3.05) is 13.2 Å². The molecule has 0 atom stereocenters. The van der Waals surface area contributed by atoms with E-state index in [0.717, 1.165) is 61.2 Å². The average molecular weight is 543 g/mol. The molecule has 0 aliphatic rings. The van der Waals surface area contributed by atoms with Gasteiger partial charge in [0.15, 0.2) is 0 Å². The molecule has 3 rings (SSSR count). The summed E-state index contributed by atoms with van der Waals surface area (Å²) in [6, 6.07) is 22.0. The second-order valence-corrected chi connectivity index (χ2v) is 9.28. The Morgan fingerprint density at radius 3 is 1.20 bits per heavy atom. The first kappa shape index (κ1) is 30.2. The molecule has 0 aromatic heterocycles. The lowest BCUT2D eigenvalue weighted by molar-refractivity contribution is -0.135. The Hall–Kier alpha value is -4.32. The summed E-state index contributed by atoms with van der Waals surface area (Å²) in [4.78, 5) is 24.3. The Labute approximate surface area is 237 Å². The molecule has 0 radical (unpaired) electrons. The number of carbonyl (C=O) groups excluding carboxylic acids is 2. The molecule has 6 nitrogen and oxygen atoms in total. The van der Waals surface area contributed by atoms with Crippen LogP contribution in [0.2, 0.25) is 0 Å². The Morgan fingerprint density at radius 2 is 0.850 bits per heavy atom. The zero-order valence-corrected chi connectivity index (χ0v) is 23.0. The summed E-state index contributed by atoms with van der Waals surface area (Å²) in [6.45, 7) is 8.67. The summed E-state index contributed by atoms with van der Waals surface area (Å²) in [5.74, 6) is 1.93. The molecule has 0 unspecified atom stereocenters. The minimum absolute atomic E-state index is 0.288. The molecule has 0 saturated heterocycles. The van der Waals surface area contributed by atoms with Crippen LogP contribution in [0, 0.1) is 0 Å². The van der Waals surface area contributed by atoms with Gasteiger partial charge in [0.25, 0.3) is 0 Å². The molecule has 0 amide bonds. The smallest absolute Gasteiger partial charge is 0.311 e. The Balaban J connectivity index is 1.21. The fourth-order valence-electron chi connectivity index (χ4n) is 3.82. The highest BCUT2D eigenvalue weighted by Gasteiger charge is 2.08. The van der Waals surface area contributed by atoms with Gasteiger partial charge in [-0.05, 0) is 98.2 Å². The van der Waals surface area contributed by atoms with Crippen molar-refractivity contribution in [2.24, 2.45) is 0 Å². The molecule has 0 aliphatic heterocycles. The lowest BCUT2D eigenvalue weighted by Crippen LogP contribution is -2.09. The molecular weight excluding hydrogens is 504 g/mol.